The highest BCUT2D eigenvalue weighted by atomic mass is 35.5. The zero-order valence-corrected chi connectivity index (χ0v) is 17.3. The zero-order valence-electron chi connectivity index (χ0n) is 15.8. The number of hydrogen-bond acceptors (Lipinski definition) is 5. The van der Waals surface area contributed by atoms with Gasteiger partial charge in [-0.25, -0.2) is 0 Å². The van der Waals surface area contributed by atoms with Gasteiger partial charge < -0.3 is 9.47 Å². The van der Waals surface area contributed by atoms with Gasteiger partial charge in [0, 0.05) is 42.5 Å². The summed E-state index contributed by atoms with van der Waals surface area (Å²) < 4.78 is 10.8. The fourth-order valence-electron chi connectivity index (χ4n) is 3.50. The minimum Gasteiger partial charge on any atom is -0.496 e. The normalized spacial score (nSPS) is 12.8. The Hall–Kier alpha value is -2.08. The van der Waals surface area contributed by atoms with Gasteiger partial charge in [0.1, 0.15) is 11.5 Å². The van der Waals surface area contributed by atoms with E-state index >= 15 is 0 Å². The van der Waals surface area contributed by atoms with Gasteiger partial charge >= 0.3 is 0 Å². The molecule has 0 amide bonds. The summed E-state index contributed by atoms with van der Waals surface area (Å²) in [6, 6.07) is 8.58. The Balaban J connectivity index is 2.09. The predicted octanol–water partition coefficient (Wildman–Crippen LogP) is 3.76. The van der Waals surface area contributed by atoms with E-state index in [2.05, 4.69) is 4.90 Å². The lowest BCUT2D eigenvalue weighted by Gasteiger charge is -2.24. The largest absolute Gasteiger partial charge is 0.496 e. The molecule has 0 atom stereocenters. The number of carbonyl (C=O) groups is 2. The van der Waals surface area contributed by atoms with E-state index < -0.39 is 0 Å². The van der Waals surface area contributed by atoms with Crippen LogP contribution in [-0.4, -0.2) is 55.5 Å². The Kier molecular flexibility index (Phi) is 6.60. The molecule has 7 heteroatoms. The molecule has 3 rings (SSSR count). The first kappa shape index (κ1) is 20.6. The minimum atomic E-state index is -0.274. The van der Waals surface area contributed by atoms with Gasteiger partial charge in [-0.15, -0.1) is 23.2 Å². The average Bonchev–Trinajstić information content (AvgIpc) is 2.71. The van der Waals surface area contributed by atoms with Crippen molar-refractivity contribution in [1.82, 2.24) is 4.90 Å². The molecule has 0 heterocycles. The number of methoxy groups -OCH3 is 2. The maximum atomic E-state index is 13.2. The topological polar surface area (TPSA) is 55.8 Å². The summed E-state index contributed by atoms with van der Waals surface area (Å²) in [5.74, 6) is 1.21. The van der Waals surface area contributed by atoms with Crippen LogP contribution in [0.3, 0.4) is 0 Å². The van der Waals surface area contributed by atoms with Crippen molar-refractivity contribution in [3.63, 3.8) is 0 Å². The van der Waals surface area contributed by atoms with Crippen LogP contribution in [0.2, 0.25) is 0 Å². The van der Waals surface area contributed by atoms with Crippen molar-refractivity contribution in [2.45, 2.75) is 6.54 Å². The second-order valence-electron chi connectivity index (χ2n) is 6.42. The quantitative estimate of drug-likeness (QED) is 0.518. The van der Waals surface area contributed by atoms with Crippen LogP contribution in [0.15, 0.2) is 30.3 Å². The second kappa shape index (κ2) is 8.95. The number of carbonyl (C=O) groups excluding carboxylic acids is 2. The number of benzene rings is 2. The van der Waals surface area contributed by atoms with Gasteiger partial charge in [-0.1, -0.05) is 12.1 Å². The summed E-state index contributed by atoms with van der Waals surface area (Å²) in [7, 11) is 2.97. The van der Waals surface area contributed by atoms with Crippen LogP contribution in [0.4, 0.5) is 0 Å². The molecule has 0 spiro atoms. The van der Waals surface area contributed by atoms with Crippen LogP contribution in [0.5, 0.6) is 11.5 Å². The number of hydrogen-bond donors (Lipinski definition) is 0. The number of ether oxygens (including phenoxy) is 2. The summed E-state index contributed by atoms with van der Waals surface area (Å²) in [6.45, 7) is 1.89. The van der Waals surface area contributed by atoms with E-state index in [0.29, 0.717) is 54.0 Å². The van der Waals surface area contributed by atoms with E-state index in [9.17, 15) is 9.59 Å². The first-order valence-electron chi connectivity index (χ1n) is 8.87. The molecular formula is C21H21Cl2NO4. The van der Waals surface area contributed by atoms with Crippen LogP contribution >= 0.6 is 23.2 Å². The first-order chi connectivity index (χ1) is 13.5. The Morgan fingerprint density at radius 3 is 2.11 bits per heavy atom. The number of alkyl halides is 2. The molecule has 0 bridgehead atoms. The molecule has 1 aliphatic carbocycles. The molecule has 0 radical (unpaired) electrons. The monoisotopic (exact) mass is 421 g/mol. The lowest BCUT2D eigenvalue weighted by Crippen LogP contribution is -2.28. The van der Waals surface area contributed by atoms with Gasteiger partial charge in [0.15, 0.2) is 5.78 Å². The smallest absolute Gasteiger partial charge is 0.201 e. The van der Waals surface area contributed by atoms with Crippen molar-refractivity contribution in [3.8, 4) is 11.5 Å². The highest BCUT2D eigenvalue weighted by molar-refractivity contribution is 6.30. The van der Waals surface area contributed by atoms with Crippen molar-refractivity contribution in [2.24, 2.45) is 0 Å². The number of rotatable bonds is 8. The van der Waals surface area contributed by atoms with E-state index in [-0.39, 0.29) is 22.7 Å². The Morgan fingerprint density at radius 1 is 0.857 bits per heavy atom. The molecule has 0 fully saturated rings. The summed E-state index contributed by atoms with van der Waals surface area (Å²) in [5, 5.41) is 0. The van der Waals surface area contributed by atoms with Crippen LogP contribution in [0.25, 0.3) is 0 Å². The van der Waals surface area contributed by atoms with Gasteiger partial charge in [0.05, 0.1) is 25.3 Å². The fourth-order valence-corrected chi connectivity index (χ4v) is 3.98. The maximum absolute atomic E-state index is 13.2. The van der Waals surface area contributed by atoms with Crippen molar-refractivity contribution in [1.29, 1.82) is 0 Å². The van der Waals surface area contributed by atoms with Crippen molar-refractivity contribution in [2.75, 3.05) is 39.1 Å². The van der Waals surface area contributed by atoms with Gasteiger partial charge in [0.2, 0.25) is 5.78 Å². The van der Waals surface area contributed by atoms with Gasteiger partial charge in [-0.05, 0) is 23.8 Å². The first-order valence-corrected chi connectivity index (χ1v) is 9.94. The average molecular weight is 422 g/mol. The highest BCUT2D eigenvalue weighted by Gasteiger charge is 2.35. The fraction of sp³-hybridized carbons (Fsp3) is 0.333. The third-order valence-electron chi connectivity index (χ3n) is 4.78. The summed E-state index contributed by atoms with van der Waals surface area (Å²) in [6.07, 6.45) is 0. The van der Waals surface area contributed by atoms with Crippen LogP contribution in [0.1, 0.15) is 37.4 Å². The van der Waals surface area contributed by atoms with Crippen LogP contribution < -0.4 is 9.47 Å². The molecule has 0 aromatic heterocycles. The number of halogens is 2. The molecule has 0 aliphatic heterocycles. The third kappa shape index (κ3) is 3.75. The summed E-state index contributed by atoms with van der Waals surface area (Å²) in [4.78, 5) is 28.4. The molecule has 1 aliphatic rings. The van der Waals surface area contributed by atoms with E-state index in [4.69, 9.17) is 32.7 Å². The van der Waals surface area contributed by atoms with Crippen molar-refractivity contribution in [3.05, 3.63) is 58.1 Å². The standard InChI is InChI=1S/C21H21Cl2NO4/c1-27-16-5-3-4-14-18(16)21(26)19-15(20(14)25)10-13(11-17(19)28-2)12-24(8-6-22)9-7-23/h3-5,10-11H,6-9,12H2,1-2H3. The lowest BCUT2D eigenvalue weighted by molar-refractivity contribution is 0.0973. The minimum absolute atomic E-state index is 0.218. The molecule has 148 valence electrons. The van der Waals surface area contributed by atoms with E-state index in [0.717, 1.165) is 5.56 Å². The SMILES string of the molecule is COc1cccc2c1C(=O)c1c(OC)cc(CN(CCCl)CCCl)cc1C2=O. The molecule has 0 saturated heterocycles. The number of fused-ring (bicyclic) bond motifs is 2. The van der Waals surface area contributed by atoms with Gasteiger partial charge in [-0.2, -0.15) is 0 Å². The molecular weight excluding hydrogens is 401 g/mol. The second-order valence-corrected chi connectivity index (χ2v) is 7.17. The zero-order chi connectivity index (χ0) is 20.3. The van der Waals surface area contributed by atoms with Crippen LogP contribution in [0, 0.1) is 0 Å². The van der Waals surface area contributed by atoms with E-state index in [1.54, 1.807) is 30.3 Å². The van der Waals surface area contributed by atoms with E-state index in [1.165, 1.54) is 14.2 Å². The molecule has 28 heavy (non-hydrogen) atoms. The number of nitrogens with zero attached hydrogens (tertiary/aromatic N) is 1. The summed E-state index contributed by atoms with van der Waals surface area (Å²) >= 11 is 11.8. The van der Waals surface area contributed by atoms with E-state index in [1.807, 2.05) is 0 Å². The molecule has 5 nitrogen and oxygen atoms in total. The van der Waals surface area contributed by atoms with Crippen molar-refractivity contribution >= 4 is 34.8 Å². The molecule has 2 aromatic carbocycles. The maximum Gasteiger partial charge on any atom is 0.201 e. The molecule has 0 saturated carbocycles. The third-order valence-corrected chi connectivity index (χ3v) is 5.12. The van der Waals surface area contributed by atoms with Crippen LogP contribution in [-0.2, 0) is 6.54 Å². The summed E-state index contributed by atoms with van der Waals surface area (Å²) in [5.41, 5.74) is 2.10. The molecule has 0 unspecified atom stereocenters. The molecule has 2 aromatic rings. The van der Waals surface area contributed by atoms with Crippen molar-refractivity contribution < 1.29 is 19.1 Å². The molecule has 0 N–H and O–H groups in total. The Bertz CT molecular complexity index is 908. The highest BCUT2D eigenvalue weighted by Crippen LogP contribution is 2.38. The Labute approximate surface area is 174 Å². The van der Waals surface area contributed by atoms with Gasteiger partial charge in [-0.3, -0.25) is 14.5 Å². The predicted molar refractivity (Wildman–Crippen MR) is 110 cm³/mol. The van der Waals surface area contributed by atoms with Gasteiger partial charge in [0.25, 0.3) is 0 Å². The Morgan fingerprint density at radius 2 is 1.50 bits per heavy atom. The lowest BCUT2D eigenvalue weighted by atomic mass is 9.82. The number of ketones is 2.